The second kappa shape index (κ2) is 16.6. The van der Waals surface area contributed by atoms with Crippen LogP contribution in [0, 0.1) is 0 Å². The summed E-state index contributed by atoms with van der Waals surface area (Å²) in [5, 5.41) is 13.3. The molecule has 78 heavy (non-hydrogen) atoms. The average molecular weight is 1010 g/mol. The molecule has 3 aromatic heterocycles. The first-order valence-electron chi connectivity index (χ1n) is 27.3. The largest absolute Gasteiger partial charge is 0.309 e. The molecule has 18 rings (SSSR count). The zero-order chi connectivity index (χ0) is 51.1. The van der Waals surface area contributed by atoms with E-state index >= 15 is 0 Å². The van der Waals surface area contributed by atoms with E-state index in [0.717, 1.165) is 5.69 Å². The van der Waals surface area contributed by atoms with Gasteiger partial charge in [-0.1, -0.05) is 212 Å². The lowest BCUT2D eigenvalue weighted by molar-refractivity contribution is 0.768. The van der Waals surface area contributed by atoms with Crippen LogP contribution in [0.1, 0.15) is 45.2 Å². The maximum absolute atomic E-state index is 2.72. The Morgan fingerprint density at radius 3 is 1.13 bits per heavy atom. The number of benzene rings is 12. The summed E-state index contributed by atoms with van der Waals surface area (Å²) in [5.41, 5.74) is 19.4. The minimum absolute atomic E-state index is 0.0186. The van der Waals surface area contributed by atoms with E-state index in [1.54, 1.807) is 0 Å². The van der Waals surface area contributed by atoms with Gasteiger partial charge in [-0.25, -0.2) is 0 Å². The summed E-state index contributed by atoms with van der Waals surface area (Å²) in [6.07, 6.45) is 0. The molecule has 0 saturated heterocycles. The Morgan fingerprint density at radius 1 is 0.231 bits per heavy atom. The van der Waals surface area contributed by atoms with Gasteiger partial charge in [0.25, 0.3) is 0 Å². The molecule has 0 saturated carbocycles. The van der Waals surface area contributed by atoms with Crippen molar-refractivity contribution in [3.8, 4) is 17.1 Å². The van der Waals surface area contributed by atoms with Crippen molar-refractivity contribution in [2.75, 3.05) is 0 Å². The monoisotopic (exact) mass is 1010 g/mol. The molecule has 3 aliphatic carbocycles. The predicted molar refractivity (Wildman–Crippen MR) is 328 cm³/mol. The van der Waals surface area contributed by atoms with Crippen molar-refractivity contribution in [3.05, 3.63) is 318 Å². The minimum atomic E-state index is -2.72. The lowest BCUT2D eigenvalue weighted by atomic mass is 9.59. The van der Waals surface area contributed by atoms with E-state index in [0.29, 0.717) is 0 Å². The van der Waals surface area contributed by atoms with Gasteiger partial charge in [0.15, 0.2) is 8.07 Å². The molecule has 0 aliphatic heterocycles. The van der Waals surface area contributed by atoms with Gasteiger partial charge in [0.05, 0.1) is 33.1 Å². The third-order valence-corrected chi connectivity index (χ3v) is 22.5. The van der Waals surface area contributed by atoms with Crippen molar-refractivity contribution >= 4 is 94.2 Å². The van der Waals surface area contributed by atoms with Gasteiger partial charge in [-0.2, -0.15) is 0 Å². The summed E-state index contributed by atoms with van der Waals surface area (Å²) < 4.78 is 7.48. The van der Waals surface area contributed by atoms with E-state index in [4.69, 9.17) is 0 Å². The summed E-state index contributed by atoms with van der Waals surface area (Å²) in [7, 11) is -2.72. The molecule has 12 aromatic carbocycles. The predicted octanol–water partition coefficient (Wildman–Crippen LogP) is 15.3. The molecule has 364 valence electrons. The molecule has 3 nitrogen and oxygen atoms in total. The number of para-hydroxylation sites is 4. The Kier molecular flexibility index (Phi) is 9.27. The summed E-state index contributed by atoms with van der Waals surface area (Å²) in [6.45, 7) is 0. The van der Waals surface area contributed by atoms with Crippen LogP contribution in [-0.2, 0) is 0 Å². The van der Waals surface area contributed by atoms with Crippen LogP contribution < -0.4 is 20.7 Å². The van der Waals surface area contributed by atoms with Crippen LogP contribution >= 0.6 is 0 Å². The van der Waals surface area contributed by atoms with Gasteiger partial charge in [-0.15, -0.1) is 0 Å². The molecule has 0 fully saturated rings. The first kappa shape index (κ1) is 43.5. The highest BCUT2D eigenvalue weighted by Crippen LogP contribution is 2.60. The van der Waals surface area contributed by atoms with E-state index < -0.39 is 8.07 Å². The zero-order valence-corrected chi connectivity index (χ0v) is 43.6. The van der Waals surface area contributed by atoms with Gasteiger partial charge in [0.1, 0.15) is 0 Å². The van der Waals surface area contributed by atoms with Crippen molar-refractivity contribution in [2.45, 2.75) is 11.8 Å². The first-order valence-corrected chi connectivity index (χ1v) is 29.3. The zero-order valence-electron chi connectivity index (χ0n) is 42.6. The Labute approximate surface area is 452 Å². The number of aromatic nitrogens is 3. The van der Waals surface area contributed by atoms with Crippen molar-refractivity contribution in [1.29, 1.82) is 0 Å². The van der Waals surface area contributed by atoms with Crippen molar-refractivity contribution in [2.24, 2.45) is 0 Å². The minimum Gasteiger partial charge on any atom is -0.309 e. The van der Waals surface area contributed by atoms with E-state index in [-0.39, 0.29) is 11.8 Å². The molecule has 0 amide bonds. The fourth-order valence-electron chi connectivity index (χ4n) is 14.8. The Morgan fingerprint density at radius 2 is 0.590 bits per heavy atom. The van der Waals surface area contributed by atoms with Crippen LogP contribution in [0.25, 0.3) is 82.5 Å². The van der Waals surface area contributed by atoms with Crippen LogP contribution in [0.4, 0.5) is 0 Å². The lowest BCUT2D eigenvalue weighted by Crippen LogP contribution is -2.74. The Balaban J connectivity index is 0.883. The SMILES string of the molecule is c1ccc(-n2c3ccccc3c3cc(-n4c5ccccc5c5c6c(ccc54)C4c5ccccc5C6c5c4ccc4c5c5ccccc5n4-c4ccc([Si](c5ccccc5)(c5ccccc5)c5ccccc5)cc4)ccc32)cc1. The van der Waals surface area contributed by atoms with Gasteiger partial charge in [0.2, 0.25) is 0 Å². The van der Waals surface area contributed by atoms with Crippen molar-refractivity contribution < 1.29 is 0 Å². The van der Waals surface area contributed by atoms with Crippen LogP contribution in [0.15, 0.2) is 285 Å². The molecule has 4 heteroatoms. The van der Waals surface area contributed by atoms with E-state index in [2.05, 4.69) is 299 Å². The topological polar surface area (TPSA) is 14.8 Å². The molecule has 15 aromatic rings. The quantitative estimate of drug-likeness (QED) is 0.112. The summed E-state index contributed by atoms with van der Waals surface area (Å²) in [6, 6.07) is 107. The molecule has 0 radical (unpaired) electrons. The standard InChI is InChI=1S/C74H49N3Si/c1-5-21-48(22-6-1)75-63-34-18-15-29-55(63)62-47-50(39-44-66(62)75)77-65-36-20-17-33-59(65)71-68(77)46-43-61-69-56-30-13-14-31-57(56)72(74(61)71)73-60(69)42-45-67-70(73)58-32-16-19-35-64(58)76(67)49-37-40-54(41-38-49)78(51-23-7-2-8-24-51,52-25-9-3-10-26-52)53-27-11-4-12-28-53/h1-47,69,72H. The fourth-order valence-corrected chi connectivity index (χ4v) is 19.5. The molecule has 2 atom stereocenters. The number of rotatable bonds is 7. The van der Waals surface area contributed by atoms with E-state index in [1.807, 2.05) is 0 Å². The van der Waals surface area contributed by atoms with Crippen LogP contribution in [0.3, 0.4) is 0 Å². The van der Waals surface area contributed by atoms with Gasteiger partial charge >= 0.3 is 0 Å². The second-order valence-electron chi connectivity index (χ2n) is 21.4. The normalized spacial score (nSPS) is 14.7. The third kappa shape index (κ3) is 5.87. The summed E-state index contributed by atoms with van der Waals surface area (Å²) in [5.74, 6) is 0.117. The maximum Gasteiger partial charge on any atom is 0.179 e. The van der Waals surface area contributed by atoms with Gasteiger partial charge in [0, 0.05) is 61.2 Å². The lowest BCUT2D eigenvalue weighted by Gasteiger charge is -2.43. The molecular weight excluding hydrogens is 959 g/mol. The summed E-state index contributed by atoms with van der Waals surface area (Å²) in [4.78, 5) is 0. The third-order valence-electron chi connectivity index (χ3n) is 17.7. The van der Waals surface area contributed by atoms with Crippen LogP contribution in [0.2, 0.25) is 0 Å². The molecule has 0 spiro atoms. The highest BCUT2D eigenvalue weighted by molar-refractivity contribution is 7.19. The van der Waals surface area contributed by atoms with Crippen molar-refractivity contribution in [1.82, 2.24) is 13.7 Å². The van der Waals surface area contributed by atoms with Gasteiger partial charge in [-0.05, 0) is 127 Å². The molecule has 2 unspecified atom stereocenters. The Bertz CT molecular complexity index is 4800. The van der Waals surface area contributed by atoms with Gasteiger partial charge < -0.3 is 13.7 Å². The highest BCUT2D eigenvalue weighted by Gasteiger charge is 2.45. The molecule has 0 N–H and O–H groups in total. The first-order chi connectivity index (χ1) is 38.8. The maximum atomic E-state index is 2.54. The molecule has 3 aliphatic rings. The summed E-state index contributed by atoms with van der Waals surface area (Å²) >= 11 is 0. The smallest absolute Gasteiger partial charge is 0.179 e. The average Bonchev–Trinajstić information content (AvgIpc) is 3.76. The second-order valence-corrected chi connectivity index (χ2v) is 25.2. The molecular formula is C74H49N3Si. The number of hydrogen-bond donors (Lipinski definition) is 0. The van der Waals surface area contributed by atoms with E-state index in [9.17, 15) is 0 Å². The van der Waals surface area contributed by atoms with Crippen molar-refractivity contribution in [3.63, 3.8) is 0 Å². The molecule has 3 heterocycles. The highest BCUT2D eigenvalue weighted by atomic mass is 28.3. The van der Waals surface area contributed by atoms with E-state index in [1.165, 1.54) is 131 Å². The van der Waals surface area contributed by atoms with Crippen LogP contribution in [0.5, 0.6) is 0 Å². The fraction of sp³-hybridized carbons (Fsp3) is 0.0270. The van der Waals surface area contributed by atoms with Crippen LogP contribution in [-0.4, -0.2) is 21.8 Å². The number of fused-ring (bicyclic) bond motifs is 9. The molecule has 2 bridgehead atoms. The number of nitrogens with zero attached hydrogens (tertiary/aromatic N) is 3. The van der Waals surface area contributed by atoms with Gasteiger partial charge in [-0.3, -0.25) is 0 Å². The number of hydrogen-bond acceptors (Lipinski definition) is 0. The Hall–Kier alpha value is -9.74.